The quantitative estimate of drug-likeness (QED) is 0.371. The van der Waals surface area contributed by atoms with Gasteiger partial charge in [0.1, 0.15) is 4.91 Å². The van der Waals surface area contributed by atoms with Crippen LogP contribution in [0.4, 0.5) is 0 Å². The molecule has 0 saturated carbocycles. The maximum atomic E-state index is 11.5. The average molecular weight is 293 g/mol. The Morgan fingerprint density at radius 3 is 1.74 bits per heavy atom. The summed E-state index contributed by atoms with van der Waals surface area (Å²) in [5.74, 6) is 0.105. The summed E-state index contributed by atoms with van der Waals surface area (Å²) in [5, 5.41) is 7.85. The molecule has 0 radical (unpaired) electrons. The van der Waals surface area contributed by atoms with Crippen molar-refractivity contribution >= 4 is 10.1 Å². The van der Waals surface area contributed by atoms with Crippen molar-refractivity contribution in [2.45, 2.75) is 41.5 Å². The van der Waals surface area contributed by atoms with Crippen LogP contribution in [-0.2, 0) is 10.1 Å². The number of hydrogen-bond acceptors (Lipinski definition) is 2. The lowest BCUT2D eigenvalue weighted by molar-refractivity contribution is 0.414. The molecule has 0 spiro atoms. The van der Waals surface area contributed by atoms with Crippen LogP contribution in [0.15, 0.2) is 34.0 Å². The Labute approximate surface area is 115 Å². The summed E-state index contributed by atoms with van der Waals surface area (Å²) in [6, 6.07) is 0. The van der Waals surface area contributed by atoms with Crippen LogP contribution in [0.25, 0.3) is 0 Å². The molecule has 0 aliphatic heterocycles. The predicted octanol–water partition coefficient (Wildman–Crippen LogP) is 1.94. The van der Waals surface area contributed by atoms with E-state index in [4.69, 9.17) is 5.11 Å². The first-order chi connectivity index (χ1) is 7.80. The minimum atomic E-state index is -4.40. The third-order valence-electron chi connectivity index (χ3n) is 2.65. The molecule has 112 valence electrons. The fourth-order valence-corrected chi connectivity index (χ4v) is 2.51. The normalized spacial score (nSPS) is 13.2. The summed E-state index contributed by atoms with van der Waals surface area (Å²) in [4.78, 5) is -0.249. The van der Waals surface area contributed by atoms with E-state index in [1.54, 1.807) is 34.6 Å². The lowest BCUT2D eigenvalue weighted by atomic mass is 9.86. The number of hydrogen-bond donors (Lipinski definition) is 1. The first kappa shape index (κ1) is 20.2. The minimum absolute atomic E-state index is 0. The van der Waals surface area contributed by atoms with Gasteiger partial charge in [0.05, 0.1) is 5.57 Å². The first-order valence-corrected chi connectivity index (χ1v) is 7.01. The second-order valence-corrected chi connectivity index (χ2v) is 6.89. The standard InChI is InChI=1S/C13H22O4S.H2O/c1-8(2)11(14)9(3)12(18(15,16)17)10(4)13(5,6)7;/h14H,4H2,1-3,5-7H3,(H,15,16,17);1H2/p+1/b12-9+;. The fourth-order valence-electron chi connectivity index (χ4n) is 1.40. The van der Waals surface area contributed by atoms with Gasteiger partial charge in [-0.1, -0.05) is 27.4 Å². The molecule has 0 amide bonds. The third kappa shape index (κ3) is 5.18. The van der Waals surface area contributed by atoms with Gasteiger partial charge in [0.25, 0.3) is 15.9 Å². The first-order valence-electron chi connectivity index (χ1n) is 5.57. The van der Waals surface area contributed by atoms with Crippen molar-refractivity contribution in [1.82, 2.24) is 0 Å². The van der Waals surface area contributed by atoms with Crippen molar-refractivity contribution < 1.29 is 23.6 Å². The van der Waals surface area contributed by atoms with E-state index >= 15 is 0 Å². The Hall–Kier alpha value is -1.11. The Morgan fingerprint density at radius 2 is 1.53 bits per heavy atom. The Balaban J connectivity index is 0. The summed E-state index contributed by atoms with van der Waals surface area (Å²) < 4.78 is 32.4. The SMILES string of the molecule is C=C(/C(=C(/C)C([OH2+])=C(C)C)S(=O)(=O)O)C(C)(C)C.O. The summed E-state index contributed by atoms with van der Waals surface area (Å²) in [6.07, 6.45) is 0. The fraction of sp³-hybridized carbons (Fsp3) is 0.538. The van der Waals surface area contributed by atoms with E-state index in [9.17, 15) is 13.0 Å². The highest BCUT2D eigenvalue weighted by Gasteiger charge is 2.30. The molecule has 5 nitrogen and oxygen atoms in total. The topological polar surface area (TPSA) is 109 Å². The molecular weight excluding hydrogens is 268 g/mol. The highest BCUT2D eigenvalue weighted by atomic mass is 32.2. The predicted molar refractivity (Wildman–Crippen MR) is 78.4 cm³/mol. The van der Waals surface area contributed by atoms with E-state index in [0.29, 0.717) is 11.1 Å². The van der Waals surface area contributed by atoms with Crippen molar-refractivity contribution in [3.05, 3.63) is 34.0 Å². The van der Waals surface area contributed by atoms with Gasteiger partial charge < -0.3 is 10.6 Å². The van der Waals surface area contributed by atoms with Gasteiger partial charge in [-0.25, -0.2) is 0 Å². The van der Waals surface area contributed by atoms with Crippen molar-refractivity contribution in [3.63, 3.8) is 0 Å². The average Bonchev–Trinajstić information content (AvgIpc) is 2.12. The number of rotatable bonds is 3. The largest absolute Gasteiger partial charge is 0.593 e. The second kappa shape index (κ2) is 6.36. The van der Waals surface area contributed by atoms with Crippen LogP contribution in [-0.4, -0.2) is 23.6 Å². The Bertz CT molecular complexity index is 512. The van der Waals surface area contributed by atoms with Gasteiger partial charge >= 0.3 is 0 Å². The van der Waals surface area contributed by atoms with Gasteiger partial charge in [-0.15, -0.1) is 0 Å². The Kier molecular flexibility index (Phi) is 6.77. The van der Waals surface area contributed by atoms with E-state index in [0.717, 1.165) is 0 Å². The van der Waals surface area contributed by atoms with Crippen molar-refractivity contribution in [2.75, 3.05) is 0 Å². The molecule has 0 rings (SSSR count). The van der Waals surface area contributed by atoms with Gasteiger partial charge in [-0.05, 0) is 31.8 Å². The molecule has 0 fully saturated rings. The smallest absolute Gasteiger partial charge is 0.295 e. The molecule has 0 aliphatic carbocycles. The van der Waals surface area contributed by atoms with E-state index < -0.39 is 15.5 Å². The van der Waals surface area contributed by atoms with Crippen molar-refractivity contribution in [1.29, 1.82) is 0 Å². The molecule has 0 atom stereocenters. The van der Waals surface area contributed by atoms with E-state index in [2.05, 4.69) is 6.58 Å². The van der Waals surface area contributed by atoms with Crippen LogP contribution < -0.4 is 0 Å². The van der Waals surface area contributed by atoms with E-state index in [-0.39, 0.29) is 21.7 Å². The lowest BCUT2D eigenvalue weighted by Gasteiger charge is -2.23. The summed E-state index contributed by atoms with van der Waals surface area (Å²) in [6.45, 7) is 14.1. The van der Waals surface area contributed by atoms with Crippen LogP contribution >= 0.6 is 0 Å². The molecule has 0 bridgehead atoms. The summed E-state index contributed by atoms with van der Waals surface area (Å²) >= 11 is 0. The van der Waals surface area contributed by atoms with Gasteiger partial charge in [0.2, 0.25) is 0 Å². The Morgan fingerprint density at radius 1 is 1.16 bits per heavy atom. The zero-order valence-electron chi connectivity index (χ0n) is 12.4. The van der Waals surface area contributed by atoms with Crippen LogP contribution in [0.5, 0.6) is 0 Å². The van der Waals surface area contributed by atoms with Gasteiger partial charge in [0.15, 0.2) is 0 Å². The van der Waals surface area contributed by atoms with Crippen molar-refractivity contribution in [2.24, 2.45) is 5.41 Å². The van der Waals surface area contributed by atoms with E-state index in [1.807, 2.05) is 0 Å². The molecule has 0 aromatic heterocycles. The molecule has 0 unspecified atom stereocenters. The molecule has 5 N–H and O–H groups in total. The summed E-state index contributed by atoms with van der Waals surface area (Å²) in [5.41, 5.74) is 0.690. The molecule has 6 heteroatoms. The zero-order chi connectivity index (χ0) is 14.9. The van der Waals surface area contributed by atoms with Gasteiger partial charge in [-0.3, -0.25) is 4.55 Å². The third-order valence-corrected chi connectivity index (χ3v) is 3.72. The number of allylic oxidation sites excluding steroid dienone is 3. The van der Waals surface area contributed by atoms with Gasteiger partial charge in [0, 0.05) is 5.57 Å². The van der Waals surface area contributed by atoms with Crippen LogP contribution in [0.1, 0.15) is 41.5 Å². The van der Waals surface area contributed by atoms with Crippen LogP contribution in [0.3, 0.4) is 0 Å². The monoisotopic (exact) mass is 293 g/mol. The molecule has 0 aromatic rings. The minimum Gasteiger partial charge on any atom is -0.593 e. The highest BCUT2D eigenvalue weighted by Crippen LogP contribution is 2.35. The molecule has 0 aliphatic rings. The van der Waals surface area contributed by atoms with E-state index in [1.165, 1.54) is 6.92 Å². The molecular formula is C13H25O5S+. The molecule has 19 heavy (non-hydrogen) atoms. The highest BCUT2D eigenvalue weighted by molar-refractivity contribution is 7.90. The van der Waals surface area contributed by atoms with Gasteiger partial charge in [-0.2, -0.15) is 8.42 Å². The summed E-state index contributed by atoms with van der Waals surface area (Å²) in [7, 11) is -4.40. The molecule has 0 aromatic carbocycles. The van der Waals surface area contributed by atoms with Crippen molar-refractivity contribution in [3.8, 4) is 0 Å². The maximum absolute atomic E-state index is 11.5. The second-order valence-electron chi connectivity index (χ2n) is 5.53. The van der Waals surface area contributed by atoms with Crippen LogP contribution in [0.2, 0.25) is 0 Å². The van der Waals surface area contributed by atoms with Crippen LogP contribution in [0, 0.1) is 5.41 Å². The maximum Gasteiger partial charge on any atom is 0.295 e. The lowest BCUT2D eigenvalue weighted by Crippen LogP contribution is -2.18. The zero-order valence-corrected chi connectivity index (χ0v) is 13.2. The molecule has 0 saturated heterocycles. The molecule has 0 heterocycles.